The van der Waals surface area contributed by atoms with Crippen molar-refractivity contribution in [1.29, 1.82) is 0 Å². The molecule has 2 fully saturated rings. The Kier molecular flexibility index (Phi) is 5.67. The van der Waals surface area contributed by atoms with Gasteiger partial charge >= 0.3 is 0 Å². The van der Waals surface area contributed by atoms with Gasteiger partial charge in [-0.05, 0) is 44.7 Å². The van der Waals surface area contributed by atoms with Gasteiger partial charge < -0.3 is 14.8 Å². The van der Waals surface area contributed by atoms with E-state index in [0.29, 0.717) is 6.04 Å². The lowest BCUT2D eigenvalue weighted by atomic mass is 9.96. The number of piperidine rings is 2. The minimum atomic E-state index is 0. The number of nitrogens with one attached hydrogen (secondary N) is 1. The van der Waals surface area contributed by atoms with Crippen LogP contribution < -0.4 is 5.32 Å². The molecule has 0 spiro atoms. The summed E-state index contributed by atoms with van der Waals surface area (Å²) in [5.41, 5.74) is 0. The SMILES string of the molecule is Cl.c1cn(C2CCN(CC3CCNCC3)CC2)cn1. The summed E-state index contributed by atoms with van der Waals surface area (Å²) in [6.45, 7) is 6.27. The number of halogens is 1. The third-order valence-electron chi connectivity index (χ3n) is 4.48. The fraction of sp³-hybridized carbons (Fsp3) is 0.786. The summed E-state index contributed by atoms with van der Waals surface area (Å²) in [5.74, 6) is 0.927. The van der Waals surface area contributed by atoms with E-state index in [4.69, 9.17) is 0 Å². The molecule has 0 bridgehead atoms. The average molecular weight is 285 g/mol. The fourth-order valence-corrected chi connectivity index (χ4v) is 3.31. The summed E-state index contributed by atoms with van der Waals surface area (Å²) in [5, 5.41) is 3.45. The van der Waals surface area contributed by atoms with Crippen LogP contribution in [0.3, 0.4) is 0 Å². The predicted octanol–water partition coefficient (Wildman–Crippen LogP) is 1.94. The van der Waals surface area contributed by atoms with Crippen molar-refractivity contribution in [1.82, 2.24) is 19.8 Å². The first-order valence-electron chi connectivity index (χ1n) is 7.32. The van der Waals surface area contributed by atoms with Crippen molar-refractivity contribution >= 4 is 12.4 Å². The smallest absolute Gasteiger partial charge is 0.0948 e. The molecule has 2 saturated heterocycles. The topological polar surface area (TPSA) is 33.1 Å². The summed E-state index contributed by atoms with van der Waals surface area (Å²) < 4.78 is 2.28. The standard InChI is InChI=1S/C14H24N4.ClH/c1-5-15-6-2-13(1)11-17-8-3-14(4-9-17)18-10-7-16-12-18;/h7,10,12-15H,1-6,8-9,11H2;1H. The number of rotatable bonds is 3. The van der Waals surface area contributed by atoms with Gasteiger partial charge in [0.25, 0.3) is 0 Å². The number of aromatic nitrogens is 2. The number of hydrogen-bond donors (Lipinski definition) is 1. The molecule has 0 aliphatic carbocycles. The lowest BCUT2D eigenvalue weighted by molar-refractivity contribution is 0.150. The molecule has 0 atom stereocenters. The molecule has 2 aliphatic rings. The van der Waals surface area contributed by atoms with Crippen molar-refractivity contribution < 1.29 is 0 Å². The Hall–Kier alpha value is -0.580. The molecule has 0 saturated carbocycles. The minimum absolute atomic E-state index is 0. The van der Waals surface area contributed by atoms with E-state index in [2.05, 4.69) is 26.0 Å². The monoisotopic (exact) mass is 284 g/mol. The lowest BCUT2D eigenvalue weighted by Gasteiger charge is -2.35. The molecule has 3 rings (SSSR count). The Balaban J connectivity index is 0.00000133. The molecular weight excluding hydrogens is 260 g/mol. The molecular formula is C14H25ClN4. The first kappa shape index (κ1) is 14.8. The largest absolute Gasteiger partial charge is 0.334 e. The highest BCUT2D eigenvalue weighted by atomic mass is 35.5. The molecule has 3 heterocycles. The molecule has 0 amide bonds. The molecule has 5 heteroatoms. The summed E-state index contributed by atoms with van der Waals surface area (Å²) in [6, 6.07) is 0.678. The van der Waals surface area contributed by atoms with E-state index in [1.807, 2.05) is 12.5 Å². The van der Waals surface area contributed by atoms with Gasteiger partial charge in [-0.1, -0.05) is 0 Å². The molecule has 2 aliphatic heterocycles. The van der Waals surface area contributed by atoms with Gasteiger partial charge in [0.15, 0.2) is 0 Å². The van der Waals surface area contributed by atoms with E-state index in [9.17, 15) is 0 Å². The maximum absolute atomic E-state index is 4.15. The Morgan fingerprint density at radius 1 is 1.11 bits per heavy atom. The van der Waals surface area contributed by atoms with Crippen LogP contribution in [0.25, 0.3) is 0 Å². The van der Waals surface area contributed by atoms with Crippen LogP contribution in [0.2, 0.25) is 0 Å². The maximum Gasteiger partial charge on any atom is 0.0948 e. The van der Waals surface area contributed by atoms with Crippen molar-refractivity contribution in [3.63, 3.8) is 0 Å². The predicted molar refractivity (Wildman–Crippen MR) is 79.8 cm³/mol. The zero-order valence-corrected chi connectivity index (χ0v) is 12.3. The molecule has 0 aromatic carbocycles. The average Bonchev–Trinajstić information content (AvgIpc) is 2.95. The summed E-state index contributed by atoms with van der Waals surface area (Å²) in [6.07, 6.45) is 11.2. The van der Waals surface area contributed by atoms with Gasteiger partial charge in [-0.3, -0.25) is 0 Å². The molecule has 0 radical (unpaired) electrons. The van der Waals surface area contributed by atoms with Crippen LogP contribution in [-0.4, -0.2) is 47.2 Å². The highest BCUT2D eigenvalue weighted by Gasteiger charge is 2.23. The van der Waals surface area contributed by atoms with Crippen LogP contribution in [0.5, 0.6) is 0 Å². The number of imidazole rings is 1. The van der Waals surface area contributed by atoms with Crippen LogP contribution in [0.15, 0.2) is 18.7 Å². The normalized spacial score (nSPS) is 23.2. The molecule has 0 unspecified atom stereocenters. The van der Waals surface area contributed by atoms with E-state index in [1.54, 1.807) is 0 Å². The van der Waals surface area contributed by atoms with E-state index in [-0.39, 0.29) is 12.4 Å². The van der Waals surface area contributed by atoms with Crippen LogP contribution in [-0.2, 0) is 0 Å². The van der Waals surface area contributed by atoms with E-state index >= 15 is 0 Å². The van der Waals surface area contributed by atoms with Gasteiger partial charge in [-0.2, -0.15) is 0 Å². The third-order valence-corrected chi connectivity index (χ3v) is 4.48. The second-order valence-electron chi connectivity index (χ2n) is 5.74. The van der Waals surface area contributed by atoms with Gasteiger partial charge in [-0.15, -0.1) is 12.4 Å². The Labute approximate surface area is 122 Å². The van der Waals surface area contributed by atoms with Crippen LogP contribution in [0.1, 0.15) is 31.7 Å². The van der Waals surface area contributed by atoms with Gasteiger partial charge in [-0.25, -0.2) is 4.98 Å². The quantitative estimate of drug-likeness (QED) is 0.921. The Morgan fingerprint density at radius 2 is 1.84 bits per heavy atom. The first-order chi connectivity index (χ1) is 8.92. The molecule has 1 N–H and O–H groups in total. The summed E-state index contributed by atoms with van der Waals surface area (Å²) in [4.78, 5) is 6.82. The van der Waals surface area contributed by atoms with Crippen molar-refractivity contribution in [3.05, 3.63) is 18.7 Å². The van der Waals surface area contributed by atoms with Gasteiger partial charge in [0, 0.05) is 38.1 Å². The highest BCUT2D eigenvalue weighted by Crippen LogP contribution is 2.23. The zero-order chi connectivity index (χ0) is 12.2. The van der Waals surface area contributed by atoms with Crippen molar-refractivity contribution in [3.8, 4) is 0 Å². The van der Waals surface area contributed by atoms with Gasteiger partial charge in [0.05, 0.1) is 6.33 Å². The lowest BCUT2D eigenvalue weighted by Crippen LogP contribution is -2.40. The number of hydrogen-bond acceptors (Lipinski definition) is 3. The van der Waals surface area contributed by atoms with Crippen molar-refractivity contribution in [2.24, 2.45) is 5.92 Å². The zero-order valence-electron chi connectivity index (χ0n) is 11.5. The molecule has 19 heavy (non-hydrogen) atoms. The summed E-state index contributed by atoms with van der Waals surface area (Å²) >= 11 is 0. The van der Waals surface area contributed by atoms with Crippen molar-refractivity contribution in [2.75, 3.05) is 32.7 Å². The van der Waals surface area contributed by atoms with Crippen LogP contribution in [0.4, 0.5) is 0 Å². The van der Waals surface area contributed by atoms with Crippen LogP contribution >= 0.6 is 12.4 Å². The highest BCUT2D eigenvalue weighted by molar-refractivity contribution is 5.85. The minimum Gasteiger partial charge on any atom is -0.334 e. The van der Waals surface area contributed by atoms with Crippen molar-refractivity contribution in [2.45, 2.75) is 31.7 Å². The van der Waals surface area contributed by atoms with E-state index < -0.39 is 0 Å². The van der Waals surface area contributed by atoms with E-state index in [1.165, 1.54) is 58.4 Å². The third kappa shape index (κ3) is 3.94. The van der Waals surface area contributed by atoms with Gasteiger partial charge in [0.1, 0.15) is 0 Å². The first-order valence-corrected chi connectivity index (χ1v) is 7.32. The Morgan fingerprint density at radius 3 is 2.47 bits per heavy atom. The summed E-state index contributed by atoms with van der Waals surface area (Å²) in [7, 11) is 0. The molecule has 1 aromatic heterocycles. The van der Waals surface area contributed by atoms with Gasteiger partial charge in [0.2, 0.25) is 0 Å². The van der Waals surface area contributed by atoms with Crippen LogP contribution in [0, 0.1) is 5.92 Å². The number of nitrogens with zero attached hydrogens (tertiary/aromatic N) is 3. The Bertz CT molecular complexity index is 340. The molecule has 4 nitrogen and oxygen atoms in total. The van der Waals surface area contributed by atoms with E-state index in [0.717, 1.165) is 5.92 Å². The second-order valence-corrected chi connectivity index (χ2v) is 5.74. The maximum atomic E-state index is 4.15. The molecule has 108 valence electrons. The number of likely N-dealkylation sites (tertiary alicyclic amines) is 1. The molecule has 1 aromatic rings. The second kappa shape index (κ2) is 7.27. The fourth-order valence-electron chi connectivity index (χ4n) is 3.31.